The molecule has 3 aromatic rings. The molecule has 0 unspecified atom stereocenters. The summed E-state index contributed by atoms with van der Waals surface area (Å²) >= 11 is 0. The quantitative estimate of drug-likeness (QED) is 0.237. The van der Waals surface area contributed by atoms with E-state index in [-0.39, 0.29) is 5.75 Å². The molecule has 156 valence electrons. The lowest BCUT2D eigenvalue weighted by atomic mass is 10.0. The monoisotopic (exact) mass is 426 g/mol. The molecule has 0 aromatic heterocycles. The van der Waals surface area contributed by atoms with Gasteiger partial charge in [0.05, 0.1) is 0 Å². The second-order valence-electron chi connectivity index (χ2n) is 6.32. The molecule has 3 aromatic carbocycles. The average Bonchev–Trinajstić information content (AvgIpc) is 2.70. The summed E-state index contributed by atoms with van der Waals surface area (Å²) in [6.07, 6.45) is -3.79. The van der Waals surface area contributed by atoms with Crippen LogP contribution in [0.25, 0.3) is 11.6 Å². The molecule has 0 atom stereocenters. The Labute approximate surface area is 167 Å². The Balaban J connectivity index is 1.89. The minimum Gasteiger partial charge on any atom is -0.451 e. The summed E-state index contributed by atoms with van der Waals surface area (Å²) in [4.78, 5) is 0. The molecule has 0 N–H and O–H groups in total. The van der Waals surface area contributed by atoms with Crippen molar-refractivity contribution in [1.29, 1.82) is 0 Å². The molecule has 0 bridgehead atoms. The minimum atomic E-state index is -5.61. The van der Waals surface area contributed by atoms with E-state index in [2.05, 4.69) is 0 Å². The van der Waals surface area contributed by atoms with Gasteiger partial charge in [0.25, 0.3) is 0 Å². The van der Waals surface area contributed by atoms with Crippen molar-refractivity contribution >= 4 is 11.6 Å². The molecule has 0 saturated heterocycles. The molecule has 0 radical (unpaired) electrons. The van der Waals surface area contributed by atoms with Crippen LogP contribution in [0.15, 0.2) is 54.6 Å². The van der Waals surface area contributed by atoms with Crippen LogP contribution >= 0.6 is 0 Å². The molecule has 30 heavy (non-hydrogen) atoms. The number of halogens is 7. The van der Waals surface area contributed by atoms with Gasteiger partial charge in [0.1, 0.15) is 11.3 Å². The van der Waals surface area contributed by atoms with Crippen molar-refractivity contribution in [3.63, 3.8) is 0 Å². The maximum absolute atomic E-state index is 13.9. The van der Waals surface area contributed by atoms with Crippen molar-refractivity contribution in [2.45, 2.75) is 13.1 Å². The Morgan fingerprint density at radius 3 is 1.80 bits per heavy atom. The summed E-state index contributed by atoms with van der Waals surface area (Å²) in [6.45, 7) is 1.87. The number of benzene rings is 3. The maximum Gasteiger partial charge on any atom is 0.422 e. The lowest BCUT2D eigenvalue weighted by Gasteiger charge is -2.14. The van der Waals surface area contributed by atoms with Gasteiger partial charge in [-0.05, 0) is 35.8 Å². The number of rotatable bonds is 4. The van der Waals surface area contributed by atoms with Crippen molar-refractivity contribution in [2.75, 3.05) is 0 Å². The van der Waals surface area contributed by atoms with E-state index in [0.29, 0.717) is 5.56 Å². The van der Waals surface area contributed by atoms with Crippen LogP contribution in [0.1, 0.15) is 23.6 Å². The van der Waals surface area contributed by atoms with Crippen LogP contribution < -0.4 is 4.74 Å². The summed E-state index contributed by atoms with van der Waals surface area (Å²) in [6, 6.07) is 15.0. The first-order valence-corrected chi connectivity index (χ1v) is 8.54. The largest absolute Gasteiger partial charge is 0.451 e. The Kier molecular flexibility index (Phi) is 5.87. The van der Waals surface area contributed by atoms with E-state index in [0.717, 1.165) is 11.1 Å². The molecule has 0 aliphatic carbocycles. The standard InChI is InChI=1S/C22H13F7O/c1-12(14-5-3-2-4-6-14)11-13-7-9-15(10-8-13)30-21-19(25)17(23)16(22(27,28)29)18(24)20(21)26/h2-11H,1H3/b12-11+. The molecule has 3 rings (SSSR count). The molecule has 0 fully saturated rings. The Morgan fingerprint density at radius 2 is 1.30 bits per heavy atom. The van der Waals surface area contributed by atoms with Crippen LogP contribution in [-0.4, -0.2) is 0 Å². The van der Waals surface area contributed by atoms with E-state index in [1.165, 1.54) is 24.3 Å². The third kappa shape index (κ3) is 4.32. The topological polar surface area (TPSA) is 9.23 Å². The van der Waals surface area contributed by atoms with E-state index in [1.807, 2.05) is 43.3 Å². The van der Waals surface area contributed by atoms with Crippen LogP contribution in [0.3, 0.4) is 0 Å². The second-order valence-corrected chi connectivity index (χ2v) is 6.32. The van der Waals surface area contributed by atoms with Crippen LogP contribution in [-0.2, 0) is 6.18 Å². The van der Waals surface area contributed by atoms with Crippen LogP contribution in [0.4, 0.5) is 30.7 Å². The molecule has 0 amide bonds. The molecule has 0 aliphatic rings. The SMILES string of the molecule is C/C(=C\c1ccc(Oc2c(F)c(F)c(C(F)(F)F)c(F)c2F)cc1)c1ccccc1. The van der Waals surface area contributed by atoms with Crippen LogP contribution in [0, 0.1) is 23.3 Å². The number of hydrogen-bond donors (Lipinski definition) is 0. The molecule has 1 nitrogen and oxygen atoms in total. The van der Waals surface area contributed by atoms with Crippen molar-refractivity contribution in [2.24, 2.45) is 0 Å². The second kappa shape index (κ2) is 8.22. The molecular weight excluding hydrogens is 413 g/mol. The zero-order valence-electron chi connectivity index (χ0n) is 15.3. The fraction of sp³-hybridized carbons (Fsp3) is 0.0909. The number of ether oxygens (including phenoxy) is 1. The van der Waals surface area contributed by atoms with Crippen LogP contribution in [0.5, 0.6) is 11.5 Å². The van der Waals surface area contributed by atoms with Gasteiger partial charge < -0.3 is 4.74 Å². The van der Waals surface area contributed by atoms with Gasteiger partial charge in [-0.2, -0.15) is 22.0 Å². The Hall–Kier alpha value is -3.29. The maximum atomic E-state index is 13.9. The number of alkyl halides is 3. The smallest absolute Gasteiger partial charge is 0.422 e. The van der Waals surface area contributed by atoms with Crippen molar-refractivity contribution in [3.8, 4) is 11.5 Å². The van der Waals surface area contributed by atoms with Gasteiger partial charge in [-0.15, -0.1) is 0 Å². The van der Waals surface area contributed by atoms with Gasteiger partial charge in [0.2, 0.25) is 17.4 Å². The number of hydrogen-bond acceptors (Lipinski definition) is 1. The molecule has 0 spiro atoms. The molecule has 0 aliphatic heterocycles. The molecular formula is C22H13F7O. The van der Waals surface area contributed by atoms with E-state index in [1.54, 1.807) is 0 Å². The minimum absolute atomic E-state index is 0.221. The van der Waals surface area contributed by atoms with Gasteiger partial charge in [-0.25, -0.2) is 8.78 Å². The highest BCUT2D eigenvalue weighted by molar-refractivity contribution is 5.80. The molecule has 0 saturated carbocycles. The predicted molar refractivity (Wildman–Crippen MR) is 97.8 cm³/mol. The normalized spacial score (nSPS) is 12.2. The summed E-state index contributed by atoms with van der Waals surface area (Å²) in [5, 5.41) is 0. The molecule has 8 heteroatoms. The first-order chi connectivity index (χ1) is 14.1. The van der Waals surface area contributed by atoms with E-state index < -0.39 is 40.8 Å². The van der Waals surface area contributed by atoms with E-state index in [9.17, 15) is 30.7 Å². The zero-order valence-corrected chi connectivity index (χ0v) is 15.3. The summed E-state index contributed by atoms with van der Waals surface area (Å²) < 4.78 is 98.0. The third-order valence-corrected chi connectivity index (χ3v) is 4.22. The first kappa shape index (κ1) is 21.4. The fourth-order valence-corrected chi connectivity index (χ4v) is 2.73. The lowest BCUT2D eigenvalue weighted by Crippen LogP contribution is -2.15. The summed E-state index contributed by atoms with van der Waals surface area (Å²) in [5.74, 6) is -11.5. The van der Waals surface area contributed by atoms with Gasteiger partial charge in [0, 0.05) is 0 Å². The highest BCUT2D eigenvalue weighted by Crippen LogP contribution is 2.40. The Bertz CT molecular complexity index is 1060. The molecule has 0 heterocycles. The summed E-state index contributed by atoms with van der Waals surface area (Å²) in [7, 11) is 0. The third-order valence-electron chi connectivity index (χ3n) is 4.22. The first-order valence-electron chi connectivity index (χ1n) is 8.54. The zero-order chi connectivity index (χ0) is 22.1. The van der Waals surface area contributed by atoms with Gasteiger partial charge >= 0.3 is 6.18 Å². The summed E-state index contributed by atoms with van der Waals surface area (Å²) in [5.41, 5.74) is -0.0675. The lowest BCUT2D eigenvalue weighted by molar-refractivity contribution is -0.143. The number of allylic oxidation sites excluding steroid dienone is 1. The van der Waals surface area contributed by atoms with Crippen molar-refractivity contribution in [1.82, 2.24) is 0 Å². The van der Waals surface area contributed by atoms with Gasteiger partial charge in [-0.1, -0.05) is 48.5 Å². The Morgan fingerprint density at radius 1 is 0.767 bits per heavy atom. The predicted octanol–water partition coefficient (Wildman–Crippen LogP) is 7.61. The fourth-order valence-electron chi connectivity index (χ4n) is 2.73. The highest BCUT2D eigenvalue weighted by atomic mass is 19.4. The van der Waals surface area contributed by atoms with E-state index >= 15 is 0 Å². The van der Waals surface area contributed by atoms with Crippen molar-refractivity contribution in [3.05, 3.63) is 94.6 Å². The van der Waals surface area contributed by atoms with Gasteiger partial charge in [0.15, 0.2) is 11.6 Å². The van der Waals surface area contributed by atoms with Gasteiger partial charge in [-0.3, -0.25) is 0 Å². The average molecular weight is 426 g/mol. The highest BCUT2D eigenvalue weighted by Gasteiger charge is 2.42. The van der Waals surface area contributed by atoms with Crippen LogP contribution in [0.2, 0.25) is 0 Å². The van der Waals surface area contributed by atoms with E-state index in [4.69, 9.17) is 4.74 Å². The van der Waals surface area contributed by atoms with Crippen molar-refractivity contribution < 1.29 is 35.5 Å².